The van der Waals surface area contributed by atoms with Crippen LogP contribution in [0.15, 0.2) is 0 Å². The van der Waals surface area contributed by atoms with Crippen molar-refractivity contribution in [3.63, 3.8) is 0 Å². The molecular formula is C12H23N3O2. The van der Waals surface area contributed by atoms with Crippen molar-refractivity contribution in [2.45, 2.75) is 45.6 Å². The highest BCUT2D eigenvalue weighted by Gasteiger charge is 2.40. The Morgan fingerprint density at radius 1 is 1.41 bits per heavy atom. The number of carbonyl (C=O) groups excluding carboxylic acids is 2. The lowest BCUT2D eigenvalue weighted by Gasteiger charge is -2.37. The average molecular weight is 241 g/mol. The molecule has 1 aliphatic rings. The van der Waals surface area contributed by atoms with Crippen molar-refractivity contribution in [3.05, 3.63) is 0 Å². The van der Waals surface area contributed by atoms with E-state index in [2.05, 4.69) is 12.2 Å². The van der Waals surface area contributed by atoms with Crippen LogP contribution in [0.4, 0.5) is 0 Å². The van der Waals surface area contributed by atoms with Gasteiger partial charge >= 0.3 is 0 Å². The van der Waals surface area contributed by atoms with Gasteiger partial charge in [0.2, 0.25) is 11.8 Å². The Labute approximate surface area is 102 Å². The van der Waals surface area contributed by atoms with Crippen molar-refractivity contribution in [2.24, 2.45) is 22.8 Å². The lowest BCUT2D eigenvalue weighted by atomic mass is 9.70. The number of primary amides is 1. The van der Waals surface area contributed by atoms with Crippen LogP contribution in [0.2, 0.25) is 0 Å². The second kappa shape index (κ2) is 5.49. The first-order valence-corrected chi connectivity index (χ1v) is 6.21. The van der Waals surface area contributed by atoms with Crippen molar-refractivity contribution < 1.29 is 9.59 Å². The lowest BCUT2D eigenvalue weighted by Crippen LogP contribution is -2.52. The molecule has 17 heavy (non-hydrogen) atoms. The zero-order valence-electron chi connectivity index (χ0n) is 10.7. The summed E-state index contributed by atoms with van der Waals surface area (Å²) >= 11 is 0. The summed E-state index contributed by atoms with van der Waals surface area (Å²) < 4.78 is 0. The molecule has 0 heterocycles. The maximum Gasteiger partial charge on any atom is 0.239 e. The van der Waals surface area contributed by atoms with Crippen LogP contribution in [0, 0.1) is 11.3 Å². The highest BCUT2D eigenvalue weighted by molar-refractivity contribution is 5.89. The maximum absolute atomic E-state index is 12.2. The third-order valence-corrected chi connectivity index (χ3v) is 3.88. The van der Waals surface area contributed by atoms with E-state index in [0.29, 0.717) is 12.5 Å². The van der Waals surface area contributed by atoms with E-state index < -0.39 is 17.4 Å². The largest absolute Gasteiger partial charge is 0.368 e. The van der Waals surface area contributed by atoms with Crippen molar-refractivity contribution >= 4 is 11.8 Å². The Morgan fingerprint density at radius 3 is 2.35 bits per heavy atom. The summed E-state index contributed by atoms with van der Waals surface area (Å²) in [4.78, 5) is 23.1. The summed E-state index contributed by atoms with van der Waals surface area (Å²) in [5, 5.41) is 2.66. The van der Waals surface area contributed by atoms with E-state index >= 15 is 0 Å². The number of nitrogens with two attached hydrogens (primary N) is 2. The Kier molecular flexibility index (Phi) is 4.51. The molecule has 0 aromatic carbocycles. The molecule has 0 bridgehead atoms. The first kappa shape index (κ1) is 14.0. The lowest BCUT2D eigenvalue weighted by molar-refractivity contribution is -0.135. The van der Waals surface area contributed by atoms with Gasteiger partial charge in [0.25, 0.3) is 0 Å². The fourth-order valence-corrected chi connectivity index (χ4v) is 2.26. The summed E-state index contributed by atoms with van der Waals surface area (Å²) in [6, 6.07) is -0.634. The van der Waals surface area contributed by atoms with E-state index in [1.54, 1.807) is 6.92 Å². The molecule has 5 heteroatoms. The molecule has 1 aliphatic carbocycles. The van der Waals surface area contributed by atoms with E-state index in [4.69, 9.17) is 11.5 Å². The smallest absolute Gasteiger partial charge is 0.239 e. The molecule has 0 radical (unpaired) electrons. The predicted molar refractivity (Wildman–Crippen MR) is 65.9 cm³/mol. The van der Waals surface area contributed by atoms with Gasteiger partial charge in [0.1, 0.15) is 6.04 Å². The molecule has 1 unspecified atom stereocenters. The Morgan fingerprint density at radius 2 is 1.94 bits per heavy atom. The monoisotopic (exact) mass is 241 g/mol. The summed E-state index contributed by atoms with van der Waals surface area (Å²) in [7, 11) is 0. The minimum atomic E-state index is -0.634. The van der Waals surface area contributed by atoms with Gasteiger partial charge in [0.05, 0.1) is 5.41 Å². The second-order valence-corrected chi connectivity index (χ2v) is 5.26. The van der Waals surface area contributed by atoms with Gasteiger partial charge < -0.3 is 16.8 Å². The van der Waals surface area contributed by atoms with E-state index in [9.17, 15) is 9.59 Å². The standard InChI is InChI=1S/C12H23N3O2/c1-8-3-5-12(7-13,6-4-8)11(17)15-9(2)10(14)16/h8-9H,3-7,13H2,1-2H3,(H2,14,16)(H,15,17). The molecule has 98 valence electrons. The van der Waals surface area contributed by atoms with Gasteiger partial charge in [-0.05, 0) is 38.5 Å². The molecule has 0 aliphatic heterocycles. The molecule has 0 spiro atoms. The summed E-state index contributed by atoms with van der Waals surface area (Å²) in [5.41, 5.74) is 10.4. The van der Waals surface area contributed by atoms with E-state index in [-0.39, 0.29) is 5.91 Å². The molecule has 5 N–H and O–H groups in total. The molecule has 0 aromatic heterocycles. The Bertz CT molecular complexity index is 296. The molecular weight excluding hydrogens is 218 g/mol. The van der Waals surface area contributed by atoms with Crippen LogP contribution in [0.1, 0.15) is 39.5 Å². The molecule has 2 amide bonds. The summed E-state index contributed by atoms with van der Waals surface area (Å²) in [6.07, 6.45) is 3.61. The number of carbonyl (C=O) groups is 2. The van der Waals surface area contributed by atoms with Gasteiger partial charge in [0.15, 0.2) is 0 Å². The van der Waals surface area contributed by atoms with Gasteiger partial charge in [-0.15, -0.1) is 0 Å². The van der Waals surface area contributed by atoms with Gasteiger partial charge in [-0.3, -0.25) is 9.59 Å². The van der Waals surface area contributed by atoms with E-state index in [1.165, 1.54) is 0 Å². The molecule has 1 saturated carbocycles. The fourth-order valence-electron chi connectivity index (χ4n) is 2.26. The summed E-state index contributed by atoms with van der Waals surface area (Å²) in [5.74, 6) is 0.00365. The van der Waals surface area contributed by atoms with Crippen LogP contribution >= 0.6 is 0 Å². The van der Waals surface area contributed by atoms with Gasteiger partial charge in [-0.1, -0.05) is 6.92 Å². The SMILES string of the molecule is CC1CCC(CN)(C(=O)NC(C)C(N)=O)CC1. The highest BCUT2D eigenvalue weighted by atomic mass is 16.2. The van der Waals surface area contributed by atoms with Crippen LogP contribution < -0.4 is 16.8 Å². The van der Waals surface area contributed by atoms with E-state index in [1.807, 2.05) is 0 Å². The van der Waals surface area contributed by atoms with Crippen molar-refractivity contribution in [1.29, 1.82) is 0 Å². The first-order chi connectivity index (χ1) is 7.91. The third-order valence-electron chi connectivity index (χ3n) is 3.88. The van der Waals surface area contributed by atoms with Crippen LogP contribution in [-0.4, -0.2) is 24.4 Å². The number of hydrogen-bond donors (Lipinski definition) is 3. The number of rotatable bonds is 4. The minimum Gasteiger partial charge on any atom is -0.368 e. The normalized spacial score (nSPS) is 30.6. The van der Waals surface area contributed by atoms with E-state index in [0.717, 1.165) is 25.7 Å². The average Bonchev–Trinajstić information content (AvgIpc) is 2.30. The van der Waals surface area contributed by atoms with Crippen molar-refractivity contribution in [1.82, 2.24) is 5.32 Å². The number of nitrogens with one attached hydrogen (secondary N) is 1. The summed E-state index contributed by atoms with van der Waals surface area (Å²) in [6.45, 7) is 4.11. The number of amides is 2. The molecule has 0 saturated heterocycles. The minimum absolute atomic E-state index is 0.127. The van der Waals surface area contributed by atoms with Crippen LogP contribution in [0.25, 0.3) is 0 Å². The quantitative estimate of drug-likeness (QED) is 0.652. The molecule has 5 nitrogen and oxygen atoms in total. The molecule has 0 aromatic rings. The predicted octanol–water partition coefficient (Wildman–Crippen LogP) is 0.132. The molecule has 1 atom stereocenters. The highest BCUT2D eigenvalue weighted by Crippen LogP contribution is 2.38. The van der Waals surface area contributed by atoms with Gasteiger partial charge in [-0.25, -0.2) is 0 Å². The molecule has 1 fully saturated rings. The zero-order chi connectivity index (χ0) is 13.1. The van der Waals surface area contributed by atoms with Crippen molar-refractivity contribution in [2.75, 3.05) is 6.54 Å². The van der Waals surface area contributed by atoms with Crippen LogP contribution in [0.5, 0.6) is 0 Å². The second-order valence-electron chi connectivity index (χ2n) is 5.26. The van der Waals surface area contributed by atoms with Crippen LogP contribution in [0.3, 0.4) is 0 Å². The third kappa shape index (κ3) is 3.19. The molecule has 1 rings (SSSR count). The zero-order valence-corrected chi connectivity index (χ0v) is 10.7. The first-order valence-electron chi connectivity index (χ1n) is 6.21. The van der Waals surface area contributed by atoms with Crippen LogP contribution in [-0.2, 0) is 9.59 Å². The maximum atomic E-state index is 12.2. The Hall–Kier alpha value is -1.10. The van der Waals surface area contributed by atoms with Gasteiger partial charge in [-0.2, -0.15) is 0 Å². The topological polar surface area (TPSA) is 98.2 Å². The number of hydrogen-bond acceptors (Lipinski definition) is 3. The Balaban J connectivity index is 2.67. The fraction of sp³-hybridized carbons (Fsp3) is 0.833. The van der Waals surface area contributed by atoms with Crippen molar-refractivity contribution in [3.8, 4) is 0 Å². The van der Waals surface area contributed by atoms with Gasteiger partial charge in [0, 0.05) is 6.54 Å².